The monoisotopic (exact) mass is 443 g/mol. The highest BCUT2D eigenvalue weighted by molar-refractivity contribution is 6.34. The van der Waals surface area contributed by atoms with E-state index in [0.29, 0.717) is 32.6 Å². The Labute approximate surface area is 183 Å². The SMILES string of the molecule is Cc1nn(C)c(-c2ccc(C=O)cc2)c1C(=O)NC(N)=NCc1cc(Cl)cc(Cl)c1. The number of aromatic nitrogens is 2. The second-order valence-corrected chi connectivity index (χ2v) is 7.48. The van der Waals surface area contributed by atoms with Crippen molar-refractivity contribution in [2.75, 3.05) is 0 Å². The molecule has 0 radical (unpaired) electrons. The van der Waals surface area contributed by atoms with Crippen LogP contribution < -0.4 is 11.1 Å². The number of guanidine groups is 1. The van der Waals surface area contributed by atoms with Crippen LogP contribution in [0.15, 0.2) is 47.5 Å². The number of nitrogens with one attached hydrogen (secondary N) is 1. The van der Waals surface area contributed by atoms with Gasteiger partial charge in [-0.2, -0.15) is 5.10 Å². The summed E-state index contributed by atoms with van der Waals surface area (Å²) < 4.78 is 1.61. The maximum atomic E-state index is 12.9. The van der Waals surface area contributed by atoms with Crippen LogP contribution in [0.5, 0.6) is 0 Å². The predicted molar refractivity (Wildman–Crippen MR) is 118 cm³/mol. The highest BCUT2D eigenvalue weighted by Gasteiger charge is 2.22. The molecule has 0 saturated carbocycles. The van der Waals surface area contributed by atoms with Gasteiger partial charge in [-0.05, 0) is 30.7 Å². The molecule has 3 rings (SSSR count). The lowest BCUT2D eigenvalue weighted by Gasteiger charge is -2.08. The standard InChI is InChI=1S/C21H19Cl2N5O2/c1-12-18(19(28(2)27-12)15-5-3-13(11-29)4-6-15)20(30)26-21(24)25-10-14-7-16(22)9-17(23)8-14/h3-9,11H,10H2,1-2H3,(H3,24,25,26,30). The fourth-order valence-electron chi connectivity index (χ4n) is 3.08. The molecule has 0 unspecified atom stereocenters. The van der Waals surface area contributed by atoms with Gasteiger partial charge >= 0.3 is 0 Å². The minimum atomic E-state index is -0.430. The van der Waals surface area contributed by atoms with Crippen LogP contribution >= 0.6 is 23.2 Å². The molecule has 0 spiro atoms. The van der Waals surface area contributed by atoms with Crippen molar-refractivity contribution in [3.05, 3.63) is 74.9 Å². The summed E-state index contributed by atoms with van der Waals surface area (Å²) in [6.07, 6.45) is 0.760. The third kappa shape index (κ3) is 4.87. The number of halogens is 2. The van der Waals surface area contributed by atoms with Gasteiger partial charge in [0.15, 0.2) is 5.96 Å². The summed E-state index contributed by atoms with van der Waals surface area (Å²) in [4.78, 5) is 28.0. The van der Waals surface area contributed by atoms with Crippen LogP contribution in [0.1, 0.15) is 32.0 Å². The van der Waals surface area contributed by atoms with E-state index in [1.165, 1.54) is 0 Å². The van der Waals surface area contributed by atoms with E-state index in [0.717, 1.165) is 17.4 Å². The highest BCUT2D eigenvalue weighted by Crippen LogP contribution is 2.26. The fraction of sp³-hybridized carbons (Fsp3) is 0.143. The molecule has 0 bridgehead atoms. The van der Waals surface area contributed by atoms with Gasteiger partial charge in [0.1, 0.15) is 6.29 Å². The molecule has 0 aliphatic heterocycles. The summed E-state index contributed by atoms with van der Waals surface area (Å²) in [6, 6.07) is 11.9. The molecular weight excluding hydrogens is 425 g/mol. The van der Waals surface area contributed by atoms with Crippen molar-refractivity contribution in [2.45, 2.75) is 13.5 Å². The van der Waals surface area contributed by atoms with Crippen molar-refractivity contribution in [2.24, 2.45) is 17.8 Å². The Morgan fingerprint density at radius 1 is 1.20 bits per heavy atom. The first-order valence-electron chi connectivity index (χ1n) is 8.94. The molecule has 0 aliphatic carbocycles. The number of amides is 1. The first kappa shape index (κ1) is 21.5. The molecule has 1 heterocycles. The lowest BCUT2D eigenvalue weighted by molar-refractivity contribution is 0.0976. The average Bonchev–Trinajstić information content (AvgIpc) is 2.99. The maximum Gasteiger partial charge on any atom is 0.262 e. The zero-order chi connectivity index (χ0) is 21.8. The first-order chi connectivity index (χ1) is 14.3. The minimum absolute atomic E-state index is 0.0402. The summed E-state index contributed by atoms with van der Waals surface area (Å²) in [5.74, 6) is -0.470. The van der Waals surface area contributed by atoms with E-state index in [1.54, 1.807) is 61.1 Å². The highest BCUT2D eigenvalue weighted by atomic mass is 35.5. The molecular formula is C21H19Cl2N5O2. The van der Waals surface area contributed by atoms with Gasteiger partial charge < -0.3 is 5.73 Å². The van der Waals surface area contributed by atoms with Gasteiger partial charge in [-0.25, -0.2) is 4.99 Å². The fourth-order valence-corrected chi connectivity index (χ4v) is 3.65. The summed E-state index contributed by atoms with van der Waals surface area (Å²) in [6.45, 7) is 1.94. The number of benzene rings is 2. The van der Waals surface area contributed by atoms with Crippen LogP contribution in [0.25, 0.3) is 11.3 Å². The summed E-state index contributed by atoms with van der Waals surface area (Å²) >= 11 is 12.0. The molecule has 1 amide bonds. The molecule has 0 atom stereocenters. The Hall–Kier alpha value is -3.16. The number of hydrogen-bond donors (Lipinski definition) is 2. The number of carbonyl (C=O) groups excluding carboxylic acids is 2. The molecule has 154 valence electrons. The third-order valence-corrected chi connectivity index (χ3v) is 4.80. The molecule has 7 nitrogen and oxygen atoms in total. The van der Waals surface area contributed by atoms with Gasteiger partial charge in [0.25, 0.3) is 5.91 Å². The molecule has 3 aromatic rings. The molecule has 1 aromatic heterocycles. The lowest BCUT2D eigenvalue weighted by atomic mass is 10.0. The molecule has 0 fully saturated rings. The van der Waals surface area contributed by atoms with E-state index in [4.69, 9.17) is 28.9 Å². The Morgan fingerprint density at radius 3 is 2.43 bits per heavy atom. The van der Waals surface area contributed by atoms with Crippen LogP contribution in [0, 0.1) is 6.92 Å². The number of aldehydes is 1. The van der Waals surface area contributed by atoms with E-state index >= 15 is 0 Å². The minimum Gasteiger partial charge on any atom is -0.370 e. The smallest absolute Gasteiger partial charge is 0.262 e. The second kappa shape index (κ2) is 9.11. The van der Waals surface area contributed by atoms with Crippen LogP contribution in [0.3, 0.4) is 0 Å². The molecule has 0 aliphatic rings. The summed E-state index contributed by atoms with van der Waals surface area (Å²) in [7, 11) is 1.74. The normalized spacial score (nSPS) is 11.4. The topological polar surface area (TPSA) is 102 Å². The van der Waals surface area contributed by atoms with Gasteiger partial charge in [-0.15, -0.1) is 0 Å². The van der Waals surface area contributed by atoms with Crippen LogP contribution in [-0.4, -0.2) is 27.9 Å². The van der Waals surface area contributed by atoms with Crippen molar-refractivity contribution in [3.63, 3.8) is 0 Å². The summed E-state index contributed by atoms with van der Waals surface area (Å²) in [5.41, 5.74) is 9.48. The van der Waals surface area contributed by atoms with Crippen molar-refractivity contribution in [3.8, 4) is 11.3 Å². The number of carbonyl (C=O) groups is 2. The van der Waals surface area contributed by atoms with E-state index in [-0.39, 0.29) is 12.5 Å². The molecule has 30 heavy (non-hydrogen) atoms. The number of nitrogens with two attached hydrogens (primary N) is 1. The Bertz CT molecular complexity index is 1120. The third-order valence-electron chi connectivity index (χ3n) is 4.37. The van der Waals surface area contributed by atoms with Gasteiger partial charge in [0.05, 0.1) is 23.5 Å². The van der Waals surface area contributed by atoms with Gasteiger partial charge in [-0.3, -0.25) is 19.6 Å². The Morgan fingerprint density at radius 2 is 1.83 bits per heavy atom. The van der Waals surface area contributed by atoms with Gasteiger partial charge in [0.2, 0.25) is 0 Å². The van der Waals surface area contributed by atoms with Gasteiger partial charge in [0, 0.05) is 28.2 Å². The van der Waals surface area contributed by atoms with E-state index in [9.17, 15) is 9.59 Å². The molecule has 9 heteroatoms. The Balaban J connectivity index is 1.83. The van der Waals surface area contributed by atoms with Crippen molar-refractivity contribution in [1.82, 2.24) is 15.1 Å². The molecule has 3 N–H and O–H groups in total. The average molecular weight is 444 g/mol. The van der Waals surface area contributed by atoms with Crippen LogP contribution in [0.2, 0.25) is 10.0 Å². The van der Waals surface area contributed by atoms with E-state index in [1.807, 2.05) is 0 Å². The Kier molecular flexibility index (Phi) is 6.54. The number of rotatable bonds is 5. The van der Waals surface area contributed by atoms with Gasteiger partial charge in [-0.1, -0.05) is 47.5 Å². The molecule has 2 aromatic carbocycles. The second-order valence-electron chi connectivity index (χ2n) is 6.61. The predicted octanol–water partition coefficient (Wildman–Crippen LogP) is 3.76. The molecule has 0 saturated heterocycles. The largest absolute Gasteiger partial charge is 0.370 e. The van der Waals surface area contributed by atoms with E-state index < -0.39 is 5.91 Å². The number of aliphatic imine (C=N–C) groups is 1. The number of hydrogen-bond acceptors (Lipinski definition) is 4. The lowest BCUT2D eigenvalue weighted by Crippen LogP contribution is -2.37. The zero-order valence-electron chi connectivity index (χ0n) is 16.3. The zero-order valence-corrected chi connectivity index (χ0v) is 17.8. The van der Waals surface area contributed by atoms with Crippen molar-refractivity contribution >= 4 is 41.4 Å². The number of nitrogens with zero attached hydrogens (tertiary/aromatic N) is 3. The summed E-state index contributed by atoms with van der Waals surface area (Å²) in [5, 5.41) is 7.93. The van der Waals surface area contributed by atoms with Crippen LogP contribution in [-0.2, 0) is 13.6 Å². The van der Waals surface area contributed by atoms with Crippen molar-refractivity contribution < 1.29 is 9.59 Å². The maximum absolute atomic E-state index is 12.9. The van der Waals surface area contributed by atoms with Crippen LogP contribution in [0.4, 0.5) is 0 Å². The quantitative estimate of drug-likeness (QED) is 0.355. The number of aryl methyl sites for hydroxylation is 2. The van der Waals surface area contributed by atoms with E-state index in [2.05, 4.69) is 15.4 Å². The first-order valence-corrected chi connectivity index (χ1v) is 9.69. The van der Waals surface area contributed by atoms with Crippen molar-refractivity contribution in [1.29, 1.82) is 0 Å².